The average molecular weight is 207 g/mol. The molecule has 2 aromatic rings. The molecule has 4 heteroatoms. The van der Waals surface area contributed by atoms with Gasteiger partial charge in [0.25, 0.3) is 0 Å². The van der Waals surface area contributed by atoms with Gasteiger partial charge in [0.1, 0.15) is 5.82 Å². The summed E-state index contributed by atoms with van der Waals surface area (Å²) in [4.78, 5) is 6.76. The van der Waals surface area contributed by atoms with Gasteiger partial charge in [-0.25, -0.2) is 4.98 Å². The van der Waals surface area contributed by atoms with Crippen LogP contribution in [0.25, 0.3) is 0 Å². The highest BCUT2D eigenvalue weighted by Gasteiger charge is 2.00. The van der Waals surface area contributed by atoms with Gasteiger partial charge in [-0.3, -0.25) is 0 Å². The summed E-state index contributed by atoms with van der Waals surface area (Å²) >= 11 is 1.85. The highest BCUT2D eigenvalue weighted by Crippen LogP contribution is 2.18. The molecule has 2 heterocycles. The van der Waals surface area contributed by atoms with E-state index < -0.39 is 0 Å². The maximum Gasteiger partial charge on any atom is 0.141 e. The van der Waals surface area contributed by atoms with E-state index in [2.05, 4.69) is 24.0 Å². The zero-order chi connectivity index (χ0) is 9.97. The van der Waals surface area contributed by atoms with Gasteiger partial charge in [0.05, 0.1) is 12.9 Å². The monoisotopic (exact) mass is 207 g/mol. The molecule has 0 fully saturated rings. The van der Waals surface area contributed by atoms with Crippen molar-refractivity contribution in [1.29, 1.82) is 0 Å². The number of hydrogen-bond acceptors (Lipinski definition) is 3. The summed E-state index contributed by atoms with van der Waals surface area (Å²) in [5, 5.41) is 0. The zero-order valence-corrected chi connectivity index (χ0v) is 8.92. The number of nitrogens with two attached hydrogens (primary N) is 1. The van der Waals surface area contributed by atoms with Crippen LogP contribution in [0.2, 0.25) is 0 Å². The van der Waals surface area contributed by atoms with E-state index >= 15 is 0 Å². The molecule has 0 aliphatic heterocycles. The number of nitrogens with zero attached hydrogens (tertiary/aromatic N) is 2. The van der Waals surface area contributed by atoms with Crippen LogP contribution >= 0.6 is 11.3 Å². The van der Waals surface area contributed by atoms with Gasteiger partial charge in [0.2, 0.25) is 0 Å². The van der Waals surface area contributed by atoms with Gasteiger partial charge in [0.15, 0.2) is 0 Å². The molecule has 0 amide bonds. The number of imidazole rings is 1. The van der Waals surface area contributed by atoms with Gasteiger partial charge in [-0.15, -0.1) is 11.3 Å². The Balaban J connectivity index is 2.10. The molecule has 2 rings (SSSR count). The predicted molar refractivity (Wildman–Crippen MR) is 59.4 cm³/mol. The fourth-order valence-electron chi connectivity index (χ4n) is 1.34. The van der Waals surface area contributed by atoms with Gasteiger partial charge in [-0.05, 0) is 18.6 Å². The lowest BCUT2D eigenvalue weighted by Crippen LogP contribution is -1.93. The summed E-state index contributed by atoms with van der Waals surface area (Å²) in [7, 11) is 0. The molecule has 0 aliphatic rings. The molecule has 0 saturated carbocycles. The Morgan fingerprint density at radius 2 is 2.21 bits per heavy atom. The summed E-state index contributed by atoms with van der Waals surface area (Å²) < 4.78 is 2.00. The van der Waals surface area contributed by atoms with E-state index in [4.69, 9.17) is 5.73 Å². The maximum atomic E-state index is 5.54. The Hall–Kier alpha value is -1.29. The first-order valence-electron chi connectivity index (χ1n) is 4.62. The molecule has 74 valence electrons. The second-order valence-electron chi connectivity index (χ2n) is 3.19. The van der Waals surface area contributed by atoms with Crippen LogP contribution in [0.4, 0.5) is 5.82 Å². The van der Waals surface area contributed by atoms with Crippen LogP contribution in [0, 0.1) is 0 Å². The quantitative estimate of drug-likeness (QED) is 0.838. The number of anilines is 1. The first kappa shape index (κ1) is 9.27. The van der Waals surface area contributed by atoms with Gasteiger partial charge < -0.3 is 10.3 Å². The molecular formula is C10H13N3S. The van der Waals surface area contributed by atoms with E-state index in [1.807, 2.05) is 22.1 Å². The van der Waals surface area contributed by atoms with Crippen molar-refractivity contribution >= 4 is 17.2 Å². The molecule has 0 spiro atoms. The fraction of sp³-hybridized carbons (Fsp3) is 0.300. The molecule has 0 unspecified atom stereocenters. The van der Waals surface area contributed by atoms with Crippen LogP contribution in [0.1, 0.15) is 16.7 Å². The van der Waals surface area contributed by atoms with Crippen molar-refractivity contribution < 1.29 is 0 Å². The van der Waals surface area contributed by atoms with E-state index in [1.165, 1.54) is 9.75 Å². The molecule has 3 nitrogen and oxygen atoms in total. The van der Waals surface area contributed by atoms with Crippen molar-refractivity contribution in [3.8, 4) is 0 Å². The summed E-state index contributed by atoms with van der Waals surface area (Å²) in [6, 6.07) is 4.35. The maximum absolute atomic E-state index is 5.54. The summed E-state index contributed by atoms with van der Waals surface area (Å²) in [5.41, 5.74) is 5.54. The second-order valence-corrected chi connectivity index (χ2v) is 4.45. The number of aromatic nitrogens is 2. The smallest absolute Gasteiger partial charge is 0.141 e. The third-order valence-electron chi connectivity index (χ3n) is 2.06. The van der Waals surface area contributed by atoms with Gasteiger partial charge >= 0.3 is 0 Å². The van der Waals surface area contributed by atoms with E-state index in [0.717, 1.165) is 13.0 Å². The molecule has 0 aliphatic carbocycles. The van der Waals surface area contributed by atoms with Crippen molar-refractivity contribution in [1.82, 2.24) is 9.55 Å². The Morgan fingerprint density at radius 1 is 1.43 bits per heavy atom. The van der Waals surface area contributed by atoms with Gasteiger partial charge in [-0.1, -0.05) is 6.92 Å². The van der Waals surface area contributed by atoms with Crippen molar-refractivity contribution in [3.63, 3.8) is 0 Å². The number of thiophene rings is 1. The van der Waals surface area contributed by atoms with Crippen LogP contribution < -0.4 is 5.73 Å². The van der Waals surface area contributed by atoms with Gasteiger partial charge in [0, 0.05) is 16.0 Å². The van der Waals surface area contributed by atoms with Crippen molar-refractivity contribution in [3.05, 3.63) is 34.4 Å². The van der Waals surface area contributed by atoms with E-state index in [1.54, 1.807) is 6.33 Å². The van der Waals surface area contributed by atoms with E-state index in [0.29, 0.717) is 5.82 Å². The van der Waals surface area contributed by atoms with E-state index in [-0.39, 0.29) is 0 Å². The minimum atomic E-state index is 0.581. The molecule has 0 saturated heterocycles. The summed E-state index contributed by atoms with van der Waals surface area (Å²) in [5.74, 6) is 0.581. The molecule has 0 atom stereocenters. The Bertz CT molecular complexity index is 416. The minimum absolute atomic E-state index is 0.581. The molecule has 14 heavy (non-hydrogen) atoms. The number of nitrogen functional groups attached to an aromatic ring is 1. The topological polar surface area (TPSA) is 43.8 Å². The Kier molecular flexibility index (Phi) is 2.54. The number of hydrogen-bond donors (Lipinski definition) is 1. The van der Waals surface area contributed by atoms with E-state index in [9.17, 15) is 0 Å². The third-order valence-corrected chi connectivity index (χ3v) is 3.27. The first-order valence-corrected chi connectivity index (χ1v) is 5.44. The van der Waals surface area contributed by atoms with Crippen molar-refractivity contribution in [2.45, 2.75) is 19.9 Å². The highest BCUT2D eigenvalue weighted by molar-refractivity contribution is 7.11. The van der Waals surface area contributed by atoms with Crippen LogP contribution in [-0.2, 0) is 13.0 Å². The van der Waals surface area contributed by atoms with Crippen LogP contribution in [0.5, 0.6) is 0 Å². The number of aryl methyl sites for hydroxylation is 1. The third kappa shape index (κ3) is 1.96. The molecule has 0 radical (unpaired) electrons. The van der Waals surface area contributed by atoms with Gasteiger partial charge in [-0.2, -0.15) is 0 Å². The summed E-state index contributed by atoms with van der Waals surface area (Å²) in [6.07, 6.45) is 4.72. The molecule has 2 aromatic heterocycles. The lowest BCUT2D eigenvalue weighted by atomic mass is 10.3. The Morgan fingerprint density at radius 3 is 2.79 bits per heavy atom. The van der Waals surface area contributed by atoms with Crippen LogP contribution in [-0.4, -0.2) is 9.55 Å². The zero-order valence-electron chi connectivity index (χ0n) is 8.10. The van der Waals surface area contributed by atoms with Crippen molar-refractivity contribution in [2.75, 3.05) is 5.73 Å². The molecule has 2 N–H and O–H groups in total. The highest BCUT2D eigenvalue weighted by atomic mass is 32.1. The standard InChI is InChI=1S/C10H13N3S/c1-2-8-3-4-9(14-8)5-13-6-10(11)12-7-13/h3-4,6-7H,2,5,11H2,1H3. The SMILES string of the molecule is CCc1ccc(Cn2cnc(N)c2)s1. The van der Waals surface area contributed by atoms with Crippen molar-refractivity contribution in [2.24, 2.45) is 0 Å². The molecule has 0 aromatic carbocycles. The largest absolute Gasteiger partial charge is 0.382 e. The lowest BCUT2D eigenvalue weighted by Gasteiger charge is -1.97. The lowest BCUT2D eigenvalue weighted by molar-refractivity contribution is 0.810. The normalized spacial score (nSPS) is 10.6. The first-order chi connectivity index (χ1) is 6.78. The average Bonchev–Trinajstić information content (AvgIpc) is 2.76. The molecule has 0 bridgehead atoms. The summed E-state index contributed by atoms with van der Waals surface area (Å²) in [6.45, 7) is 3.04. The van der Waals surface area contributed by atoms with Crippen LogP contribution in [0.3, 0.4) is 0 Å². The second kappa shape index (κ2) is 3.84. The fourth-order valence-corrected chi connectivity index (χ4v) is 2.31. The minimum Gasteiger partial charge on any atom is -0.382 e. The van der Waals surface area contributed by atoms with Crippen LogP contribution in [0.15, 0.2) is 24.7 Å². The Labute approximate surface area is 87.2 Å². The number of rotatable bonds is 3. The molecular weight excluding hydrogens is 194 g/mol. The predicted octanol–water partition coefficient (Wildman–Crippen LogP) is 2.14.